The molecular formula is C20H22BrNO6S. The minimum Gasteiger partial charge on any atom is -0.481 e. The molecule has 0 bridgehead atoms. The minimum absolute atomic E-state index is 0.142. The van der Waals surface area contributed by atoms with Gasteiger partial charge in [0.1, 0.15) is 15.6 Å². The Bertz CT molecular complexity index is 910. The van der Waals surface area contributed by atoms with E-state index in [2.05, 4.69) is 21.2 Å². The van der Waals surface area contributed by atoms with E-state index < -0.39 is 23.9 Å². The SMILES string of the molecule is CCOC(=O)c1sc(NC(=O)[C@@H](C)Oc2cccc(Br)c2)c(C(=O)OCC)c1C. The fraction of sp³-hybridized carbons (Fsp3) is 0.350. The lowest BCUT2D eigenvalue weighted by atomic mass is 10.1. The molecule has 29 heavy (non-hydrogen) atoms. The molecule has 1 atom stereocenters. The number of ether oxygens (including phenoxy) is 3. The van der Waals surface area contributed by atoms with Gasteiger partial charge in [-0.3, -0.25) is 4.79 Å². The Morgan fingerprint density at radius 2 is 1.79 bits per heavy atom. The second kappa shape index (κ2) is 10.4. The first-order chi connectivity index (χ1) is 13.8. The standard InChI is InChI=1S/C20H22BrNO6S/c1-5-26-19(24)15-11(3)16(20(25)27-6-2)29-18(15)22-17(23)12(4)28-14-9-7-8-13(21)10-14/h7-10,12H,5-6H2,1-4H3,(H,22,23)/t12-/m1/s1. The van der Waals surface area contributed by atoms with Crippen LogP contribution in [0.3, 0.4) is 0 Å². The van der Waals surface area contributed by atoms with Crippen LogP contribution in [0, 0.1) is 6.92 Å². The van der Waals surface area contributed by atoms with Crippen molar-refractivity contribution in [2.24, 2.45) is 0 Å². The molecule has 0 saturated heterocycles. The van der Waals surface area contributed by atoms with Crippen molar-refractivity contribution in [3.8, 4) is 5.75 Å². The van der Waals surface area contributed by atoms with Crippen molar-refractivity contribution in [2.75, 3.05) is 18.5 Å². The Morgan fingerprint density at radius 1 is 1.14 bits per heavy atom. The molecule has 2 rings (SSSR count). The summed E-state index contributed by atoms with van der Waals surface area (Å²) >= 11 is 4.32. The topological polar surface area (TPSA) is 90.9 Å². The van der Waals surface area contributed by atoms with Gasteiger partial charge in [0.05, 0.1) is 18.8 Å². The molecule has 0 radical (unpaired) electrons. The van der Waals surface area contributed by atoms with E-state index in [-0.39, 0.29) is 28.7 Å². The van der Waals surface area contributed by atoms with Crippen LogP contribution in [0.4, 0.5) is 5.00 Å². The first kappa shape index (κ1) is 22.9. The normalized spacial score (nSPS) is 11.5. The molecule has 156 valence electrons. The molecule has 7 nitrogen and oxygen atoms in total. The average molecular weight is 484 g/mol. The third-order valence-corrected chi connectivity index (χ3v) is 5.48. The van der Waals surface area contributed by atoms with Crippen LogP contribution in [0.5, 0.6) is 5.75 Å². The van der Waals surface area contributed by atoms with Crippen LogP contribution in [0.1, 0.15) is 46.4 Å². The van der Waals surface area contributed by atoms with Crippen molar-refractivity contribution in [3.05, 3.63) is 44.7 Å². The number of hydrogen-bond acceptors (Lipinski definition) is 7. The summed E-state index contributed by atoms with van der Waals surface area (Å²) in [6, 6.07) is 7.10. The van der Waals surface area contributed by atoms with Gasteiger partial charge in [-0.1, -0.05) is 22.0 Å². The summed E-state index contributed by atoms with van der Waals surface area (Å²) in [7, 11) is 0. The van der Waals surface area contributed by atoms with E-state index in [4.69, 9.17) is 14.2 Å². The van der Waals surface area contributed by atoms with Crippen LogP contribution in [0.25, 0.3) is 0 Å². The molecule has 9 heteroatoms. The molecule has 0 aliphatic carbocycles. The van der Waals surface area contributed by atoms with E-state index in [1.807, 2.05) is 6.07 Å². The lowest BCUT2D eigenvalue weighted by Gasteiger charge is -2.15. The maximum atomic E-state index is 12.6. The number of carbonyl (C=O) groups excluding carboxylic acids is 3. The van der Waals surface area contributed by atoms with Gasteiger partial charge in [0.15, 0.2) is 6.10 Å². The zero-order valence-corrected chi connectivity index (χ0v) is 18.9. The molecule has 0 unspecified atom stereocenters. The Balaban J connectivity index is 2.27. The molecule has 0 aliphatic rings. The number of thiophene rings is 1. The van der Waals surface area contributed by atoms with E-state index in [9.17, 15) is 14.4 Å². The summed E-state index contributed by atoms with van der Waals surface area (Å²) < 4.78 is 16.6. The lowest BCUT2D eigenvalue weighted by Crippen LogP contribution is -2.30. The fourth-order valence-corrected chi connectivity index (χ4v) is 3.92. The lowest BCUT2D eigenvalue weighted by molar-refractivity contribution is -0.122. The number of amides is 1. The Labute approximate surface area is 181 Å². The fourth-order valence-electron chi connectivity index (χ4n) is 2.45. The number of esters is 2. The Morgan fingerprint density at radius 3 is 2.41 bits per heavy atom. The first-order valence-corrected chi connectivity index (χ1v) is 10.6. The molecule has 1 aromatic heterocycles. The highest BCUT2D eigenvalue weighted by Gasteiger charge is 2.28. The highest BCUT2D eigenvalue weighted by molar-refractivity contribution is 9.10. The van der Waals surface area contributed by atoms with Crippen molar-refractivity contribution in [3.63, 3.8) is 0 Å². The van der Waals surface area contributed by atoms with Crippen molar-refractivity contribution in [1.82, 2.24) is 0 Å². The van der Waals surface area contributed by atoms with E-state index in [0.717, 1.165) is 15.8 Å². The van der Waals surface area contributed by atoms with Gasteiger partial charge in [-0.15, -0.1) is 11.3 Å². The van der Waals surface area contributed by atoms with Gasteiger partial charge in [0.2, 0.25) is 0 Å². The molecule has 1 heterocycles. The average Bonchev–Trinajstić information content (AvgIpc) is 2.98. The van der Waals surface area contributed by atoms with Crippen LogP contribution < -0.4 is 10.1 Å². The number of anilines is 1. The summed E-state index contributed by atoms with van der Waals surface area (Å²) in [5, 5.41) is 2.90. The maximum absolute atomic E-state index is 12.6. The maximum Gasteiger partial charge on any atom is 0.348 e. The van der Waals surface area contributed by atoms with Crippen molar-refractivity contribution < 1.29 is 28.6 Å². The number of benzene rings is 1. The molecule has 0 saturated carbocycles. The van der Waals surface area contributed by atoms with Gasteiger partial charge in [-0.25, -0.2) is 9.59 Å². The summed E-state index contributed by atoms with van der Waals surface area (Å²) in [6.07, 6.45) is -0.840. The number of rotatable bonds is 8. The summed E-state index contributed by atoms with van der Waals surface area (Å²) in [6.45, 7) is 6.94. The minimum atomic E-state index is -0.840. The van der Waals surface area contributed by atoms with Gasteiger partial charge < -0.3 is 19.5 Å². The third kappa shape index (κ3) is 5.80. The highest BCUT2D eigenvalue weighted by Crippen LogP contribution is 2.34. The van der Waals surface area contributed by atoms with E-state index in [1.165, 1.54) is 0 Å². The molecule has 1 N–H and O–H groups in total. The number of hydrogen-bond donors (Lipinski definition) is 1. The van der Waals surface area contributed by atoms with Gasteiger partial charge in [-0.2, -0.15) is 0 Å². The molecular weight excluding hydrogens is 462 g/mol. The Kier molecular flexibility index (Phi) is 8.21. The van der Waals surface area contributed by atoms with E-state index in [0.29, 0.717) is 11.3 Å². The summed E-state index contributed by atoms with van der Waals surface area (Å²) in [5.41, 5.74) is 0.547. The van der Waals surface area contributed by atoms with Crippen molar-refractivity contribution in [2.45, 2.75) is 33.8 Å². The molecule has 2 aromatic rings. The Hall–Kier alpha value is -2.39. The summed E-state index contributed by atoms with van der Waals surface area (Å²) in [5.74, 6) is -1.12. The monoisotopic (exact) mass is 483 g/mol. The van der Waals surface area contributed by atoms with Gasteiger partial charge in [-0.05, 0) is 51.5 Å². The molecule has 0 fully saturated rings. The van der Waals surface area contributed by atoms with E-state index >= 15 is 0 Å². The number of halogens is 1. The van der Waals surface area contributed by atoms with E-state index in [1.54, 1.807) is 45.9 Å². The second-order valence-electron chi connectivity index (χ2n) is 5.91. The number of nitrogens with one attached hydrogen (secondary N) is 1. The van der Waals surface area contributed by atoms with Crippen LogP contribution >= 0.6 is 27.3 Å². The van der Waals surface area contributed by atoms with Crippen LogP contribution in [-0.4, -0.2) is 37.2 Å². The predicted octanol–water partition coefficient (Wildman–Crippen LogP) is 4.58. The largest absolute Gasteiger partial charge is 0.481 e. The zero-order valence-electron chi connectivity index (χ0n) is 16.5. The highest BCUT2D eigenvalue weighted by atomic mass is 79.9. The van der Waals surface area contributed by atoms with Crippen LogP contribution in [0.15, 0.2) is 28.7 Å². The number of carbonyl (C=O) groups is 3. The molecule has 1 aromatic carbocycles. The van der Waals surface area contributed by atoms with Gasteiger partial charge >= 0.3 is 11.9 Å². The first-order valence-electron chi connectivity index (χ1n) is 8.99. The summed E-state index contributed by atoms with van der Waals surface area (Å²) in [4.78, 5) is 37.5. The van der Waals surface area contributed by atoms with Crippen LogP contribution in [-0.2, 0) is 14.3 Å². The third-order valence-electron chi connectivity index (χ3n) is 3.80. The quantitative estimate of drug-likeness (QED) is 0.552. The predicted molar refractivity (Wildman–Crippen MR) is 114 cm³/mol. The second-order valence-corrected chi connectivity index (χ2v) is 7.84. The van der Waals surface area contributed by atoms with Gasteiger partial charge in [0.25, 0.3) is 5.91 Å². The molecule has 0 spiro atoms. The van der Waals surface area contributed by atoms with Crippen LogP contribution in [0.2, 0.25) is 0 Å². The van der Waals surface area contributed by atoms with Crippen molar-refractivity contribution >= 4 is 50.1 Å². The molecule has 1 amide bonds. The smallest absolute Gasteiger partial charge is 0.348 e. The molecule has 0 aliphatic heterocycles. The zero-order chi connectivity index (χ0) is 21.6. The van der Waals surface area contributed by atoms with Crippen molar-refractivity contribution in [1.29, 1.82) is 0 Å². The van der Waals surface area contributed by atoms with Gasteiger partial charge in [0, 0.05) is 4.47 Å².